The summed E-state index contributed by atoms with van der Waals surface area (Å²) in [5, 5.41) is 0. The highest BCUT2D eigenvalue weighted by Crippen LogP contribution is 2.27. The number of likely N-dealkylation sites (tertiary alicyclic amines) is 1. The number of anilines is 1. The van der Waals surface area contributed by atoms with Crippen LogP contribution in [0, 0.1) is 17.7 Å². The molecule has 1 aromatic carbocycles. The number of nitrogens with two attached hydrogens (primary N) is 1. The highest BCUT2D eigenvalue weighted by Gasteiger charge is 2.25. The SMILES string of the molecule is CC1CC(C)CN(C(=O)CSc2cc(F)ccc2N)C1. The quantitative estimate of drug-likeness (QED) is 0.689. The maximum absolute atomic E-state index is 13.2. The van der Waals surface area contributed by atoms with E-state index in [1.165, 1.54) is 36.4 Å². The Labute approximate surface area is 123 Å². The Bertz CT molecular complexity index is 485. The molecule has 1 amide bonds. The summed E-state index contributed by atoms with van der Waals surface area (Å²) in [5.74, 6) is 1.19. The van der Waals surface area contributed by atoms with Crippen molar-refractivity contribution >= 4 is 23.4 Å². The molecule has 0 spiro atoms. The summed E-state index contributed by atoms with van der Waals surface area (Å²) < 4.78 is 13.2. The van der Waals surface area contributed by atoms with Crippen LogP contribution in [0.5, 0.6) is 0 Å². The van der Waals surface area contributed by atoms with Crippen molar-refractivity contribution < 1.29 is 9.18 Å². The van der Waals surface area contributed by atoms with Gasteiger partial charge in [-0.2, -0.15) is 0 Å². The van der Waals surface area contributed by atoms with Crippen LogP contribution < -0.4 is 5.73 Å². The molecule has 0 bridgehead atoms. The average molecular weight is 296 g/mol. The zero-order valence-electron chi connectivity index (χ0n) is 11.9. The molecular formula is C15H21FN2OS. The molecule has 0 radical (unpaired) electrons. The fourth-order valence-corrected chi connectivity index (χ4v) is 3.62. The minimum absolute atomic E-state index is 0.108. The number of hydrogen-bond donors (Lipinski definition) is 1. The lowest BCUT2D eigenvalue weighted by Crippen LogP contribution is -2.43. The maximum Gasteiger partial charge on any atom is 0.232 e. The van der Waals surface area contributed by atoms with Crippen molar-refractivity contribution in [1.82, 2.24) is 4.90 Å². The van der Waals surface area contributed by atoms with E-state index in [0.717, 1.165) is 13.1 Å². The Morgan fingerprint density at radius 1 is 1.40 bits per heavy atom. The molecule has 2 atom stereocenters. The van der Waals surface area contributed by atoms with E-state index in [4.69, 9.17) is 5.73 Å². The van der Waals surface area contributed by atoms with Gasteiger partial charge < -0.3 is 10.6 Å². The standard InChI is InChI=1S/C15H21FN2OS/c1-10-5-11(2)8-18(7-10)15(19)9-20-14-6-12(16)3-4-13(14)17/h3-4,6,10-11H,5,7-9,17H2,1-2H3. The number of amides is 1. The van der Waals surface area contributed by atoms with E-state index < -0.39 is 0 Å². The zero-order valence-corrected chi connectivity index (χ0v) is 12.8. The average Bonchev–Trinajstić information content (AvgIpc) is 2.38. The molecule has 110 valence electrons. The van der Waals surface area contributed by atoms with Gasteiger partial charge in [0.2, 0.25) is 5.91 Å². The Kier molecular flexibility index (Phi) is 4.91. The monoisotopic (exact) mass is 296 g/mol. The summed E-state index contributed by atoms with van der Waals surface area (Å²) in [4.78, 5) is 14.8. The number of thioether (sulfide) groups is 1. The van der Waals surface area contributed by atoms with Crippen molar-refractivity contribution in [2.24, 2.45) is 11.8 Å². The first-order chi connectivity index (χ1) is 9.45. The Morgan fingerprint density at radius 3 is 2.70 bits per heavy atom. The Hall–Kier alpha value is -1.23. The fraction of sp³-hybridized carbons (Fsp3) is 0.533. The number of nitrogens with zero attached hydrogens (tertiary/aromatic N) is 1. The smallest absolute Gasteiger partial charge is 0.232 e. The lowest BCUT2D eigenvalue weighted by Gasteiger charge is -2.35. The molecule has 20 heavy (non-hydrogen) atoms. The topological polar surface area (TPSA) is 46.3 Å². The van der Waals surface area contributed by atoms with Crippen molar-refractivity contribution in [3.63, 3.8) is 0 Å². The Morgan fingerprint density at radius 2 is 2.05 bits per heavy atom. The number of carbonyl (C=O) groups is 1. The second-order valence-electron chi connectivity index (χ2n) is 5.72. The second-order valence-corrected chi connectivity index (χ2v) is 6.73. The van der Waals surface area contributed by atoms with Crippen LogP contribution in [-0.4, -0.2) is 29.6 Å². The summed E-state index contributed by atoms with van der Waals surface area (Å²) in [6.07, 6.45) is 1.17. The van der Waals surface area contributed by atoms with Gasteiger partial charge in [0.1, 0.15) is 5.82 Å². The molecule has 2 rings (SSSR count). The molecule has 1 aliphatic heterocycles. The highest BCUT2D eigenvalue weighted by molar-refractivity contribution is 8.00. The van der Waals surface area contributed by atoms with Crippen LogP contribution in [0.3, 0.4) is 0 Å². The van der Waals surface area contributed by atoms with Crippen LogP contribution in [0.15, 0.2) is 23.1 Å². The van der Waals surface area contributed by atoms with E-state index in [1.54, 1.807) is 0 Å². The number of benzene rings is 1. The Balaban J connectivity index is 1.93. The van der Waals surface area contributed by atoms with Gasteiger partial charge in [-0.3, -0.25) is 4.79 Å². The summed E-state index contributed by atoms with van der Waals surface area (Å²) in [6, 6.07) is 4.25. The summed E-state index contributed by atoms with van der Waals surface area (Å²) in [7, 11) is 0. The number of piperidine rings is 1. The summed E-state index contributed by atoms with van der Waals surface area (Å²) >= 11 is 1.31. The van der Waals surface area contributed by atoms with E-state index in [9.17, 15) is 9.18 Å². The summed E-state index contributed by atoms with van der Waals surface area (Å²) in [5.41, 5.74) is 6.30. The highest BCUT2D eigenvalue weighted by atomic mass is 32.2. The predicted octanol–water partition coefficient (Wildman–Crippen LogP) is 3.00. The van der Waals surface area contributed by atoms with Crippen LogP contribution in [0.1, 0.15) is 20.3 Å². The molecule has 0 aliphatic carbocycles. The van der Waals surface area contributed by atoms with Crippen molar-refractivity contribution in [2.45, 2.75) is 25.2 Å². The third kappa shape index (κ3) is 3.88. The molecule has 1 fully saturated rings. The molecule has 1 aliphatic rings. The van der Waals surface area contributed by atoms with E-state index in [0.29, 0.717) is 28.2 Å². The first-order valence-electron chi connectivity index (χ1n) is 6.91. The van der Waals surface area contributed by atoms with E-state index in [2.05, 4.69) is 13.8 Å². The van der Waals surface area contributed by atoms with Crippen LogP contribution in [0.25, 0.3) is 0 Å². The molecule has 1 saturated heterocycles. The third-order valence-electron chi connectivity index (χ3n) is 3.55. The van der Waals surface area contributed by atoms with Gasteiger partial charge in [-0.25, -0.2) is 4.39 Å². The molecular weight excluding hydrogens is 275 g/mol. The van der Waals surface area contributed by atoms with Crippen molar-refractivity contribution in [1.29, 1.82) is 0 Å². The molecule has 0 aromatic heterocycles. The normalized spacial score (nSPS) is 22.9. The number of halogens is 1. The molecule has 1 aromatic rings. The predicted molar refractivity (Wildman–Crippen MR) is 81.1 cm³/mol. The first kappa shape index (κ1) is 15.2. The van der Waals surface area contributed by atoms with Gasteiger partial charge in [-0.15, -0.1) is 11.8 Å². The van der Waals surface area contributed by atoms with Crippen LogP contribution >= 0.6 is 11.8 Å². The van der Waals surface area contributed by atoms with Crippen LogP contribution in [-0.2, 0) is 4.79 Å². The van der Waals surface area contributed by atoms with E-state index in [-0.39, 0.29) is 11.7 Å². The molecule has 0 saturated carbocycles. The largest absolute Gasteiger partial charge is 0.398 e. The van der Waals surface area contributed by atoms with Gasteiger partial charge in [0.15, 0.2) is 0 Å². The van der Waals surface area contributed by atoms with E-state index >= 15 is 0 Å². The minimum atomic E-state index is -0.325. The molecule has 2 unspecified atom stereocenters. The fourth-order valence-electron chi connectivity index (χ4n) is 2.73. The number of hydrogen-bond acceptors (Lipinski definition) is 3. The van der Waals surface area contributed by atoms with Crippen LogP contribution in [0.4, 0.5) is 10.1 Å². The summed E-state index contributed by atoms with van der Waals surface area (Å²) in [6.45, 7) is 5.99. The molecule has 3 nitrogen and oxygen atoms in total. The van der Waals surface area contributed by atoms with Gasteiger partial charge in [0, 0.05) is 23.7 Å². The number of nitrogen functional groups attached to an aromatic ring is 1. The van der Waals surface area contributed by atoms with Crippen molar-refractivity contribution in [3.05, 3.63) is 24.0 Å². The van der Waals surface area contributed by atoms with Crippen LogP contribution in [0.2, 0.25) is 0 Å². The zero-order chi connectivity index (χ0) is 14.7. The van der Waals surface area contributed by atoms with Gasteiger partial charge in [-0.1, -0.05) is 13.8 Å². The molecule has 1 heterocycles. The van der Waals surface area contributed by atoms with Gasteiger partial charge in [0.25, 0.3) is 0 Å². The molecule has 5 heteroatoms. The van der Waals surface area contributed by atoms with Crippen molar-refractivity contribution in [3.8, 4) is 0 Å². The van der Waals surface area contributed by atoms with Gasteiger partial charge >= 0.3 is 0 Å². The lowest BCUT2D eigenvalue weighted by molar-refractivity contribution is -0.130. The molecule has 2 N–H and O–H groups in total. The number of carbonyl (C=O) groups excluding carboxylic acids is 1. The van der Waals surface area contributed by atoms with Gasteiger partial charge in [0.05, 0.1) is 5.75 Å². The first-order valence-corrected chi connectivity index (χ1v) is 7.90. The lowest BCUT2D eigenvalue weighted by atomic mass is 9.92. The van der Waals surface area contributed by atoms with E-state index in [1.807, 2.05) is 4.90 Å². The van der Waals surface area contributed by atoms with Gasteiger partial charge in [-0.05, 0) is 36.5 Å². The maximum atomic E-state index is 13.2. The minimum Gasteiger partial charge on any atom is -0.398 e. The van der Waals surface area contributed by atoms with Crippen molar-refractivity contribution in [2.75, 3.05) is 24.6 Å². The number of rotatable bonds is 3. The third-order valence-corrected chi connectivity index (χ3v) is 4.60. The second kappa shape index (κ2) is 6.48.